The molecule has 1 heterocycles. The molecule has 0 fully saturated rings. The van der Waals surface area contributed by atoms with Gasteiger partial charge in [-0.3, -0.25) is 4.99 Å². The van der Waals surface area contributed by atoms with E-state index in [9.17, 15) is 9.59 Å². The average Bonchev–Trinajstić information content (AvgIpc) is 2.42. The molecule has 0 aromatic rings. The number of rotatable bonds is 6. The van der Waals surface area contributed by atoms with E-state index in [1.165, 1.54) is 12.3 Å². The monoisotopic (exact) mass is 280 g/mol. The topological polar surface area (TPSA) is 99.0 Å². The van der Waals surface area contributed by atoms with Gasteiger partial charge in [0.25, 0.3) is 0 Å². The Bertz CT molecular complexity index is 466. The average molecular weight is 280 g/mol. The van der Waals surface area contributed by atoms with E-state index in [0.717, 1.165) is 12.0 Å². The summed E-state index contributed by atoms with van der Waals surface area (Å²) in [5, 5.41) is 20.7. The van der Waals surface area contributed by atoms with Crippen LogP contribution in [0.1, 0.15) is 26.7 Å². The summed E-state index contributed by atoms with van der Waals surface area (Å²) in [5.41, 5.74) is 0.964. The van der Waals surface area contributed by atoms with Gasteiger partial charge in [-0.05, 0) is 30.1 Å². The molecular weight excluding hydrogens is 260 g/mol. The van der Waals surface area contributed by atoms with Crippen LogP contribution in [0.5, 0.6) is 0 Å². The van der Waals surface area contributed by atoms with Gasteiger partial charge >= 0.3 is 11.9 Å². The molecule has 0 radical (unpaired) electrons. The van der Waals surface area contributed by atoms with Crippen molar-refractivity contribution in [2.75, 3.05) is 6.54 Å². The fraction of sp³-hybridized carbons (Fsp3) is 0.500. The van der Waals surface area contributed by atoms with E-state index in [1.807, 2.05) is 13.8 Å². The second kappa shape index (κ2) is 7.47. The molecule has 0 bridgehead atoms. The van der Waals surface area contributed by atoms with Gasteiger partial charge in [-0.15, -0.1) is 0 Å². The minimum absolute atomic E-state index is 0.0414. The van der Waals surface area contributed by atoms with Crippen molar-refractivity contribution in [1.29, 1.82) is 0 Å². The SMILES string of the molecule is CCC(C)C(N=CC=C1C=C(C(=O)O)NCC1)C(=O)O. The van der Waals surface area contributed by atoms with E-state index in [2.05, 4.69) is 10.3 Å². The molecule has 0 amide bonds. The first-order valence-electron chi connectivity index (χ1n) is 6.59. The van der Waals surface area contributed by atoms with Crippen molar-refractivity contribution in [3.8, 4) is 0 Å². The molecule has 6 heteroatoms. The van der Waals surface area contributed by atoms with Gasteiger partial charge in [0.15, 0.2) is 0 Å². The van der Waals surface area contributed by atoms with Crippen LogP contribution in [0, 0.1) is 5.92 Å². The summed E-state index contributed by atoms with van der Waals surface area (Å²) in [4.78, 5) is 26.0. The lowest BCUT2D eigenvalue weighted by Gasteiger charge is -2.15. The molecular formula is C14H20N2O4. The maximum atomic E-state index is 11.1. The van der Waals surface area contributed by atoms with Crippen molar-refractivity contribution in [3.05, 3.63) is 23.4 Å². The fourth-order valence-corrected chi connectivity index (χ4v) is 1.83. The van der Waals surface area contributed by atoms with Gasteiger partial charge in [-0.1, -0.05) is 20.3 Å². The van der Waals surface area contributed by atoms with Crippen molar-refractivity contribution < 1.29 is 19.8 Å². The molecule has 0 aromatic carbocycles. The van der Waals surface area contributed by atoms with Gasteiger partial charge in [-0.2, -0.15) is 0 Å². The minimum Gasteiger partial charge on any atom is -0.480 e. The third-order valence-corrected chi connectivity index (χ3v) is 3.26. The quantitative estimate of drug-likeness (QED) is 0.639. The van der Waals surface area contributed by atoms with E-state index >= 15 is 0 Å². The Morgan fingerprint density at radius 3 is 2.75 bits per heavy atom. The zero-order chi connectivity index (χ0) is 15.1. The predicted octanol–water partition coefficient (Wildman–Crippen LogP) is 1.44. The highest BCUT2D eigenvalue weighted by Gasteiger charge is 2.21. The molecule has 1 aliphatic rings. The summed E-state index contributed by atoms with van der Waals surface area (Å²) in [5.74, 6) is -1.99. The van der Waals surface area contributed by atoms with Gasteiger partial charge in [0.1, 0.15) is 11.7 Å². The number of hydrogen-bond donors (Lipinski definition) is 3. The maximum absolute atomic E-state index is 11.1. The molecule has 2 unspecified atom stereocenters. The van der Waals surface area contributed by atoms with E-state index in [-0.39, 0.29) is 11.6 Å². The number of carbonyl (C=O) groups is 2. The largest absolute Gasteiger partial charge is 0.480 e. The van der Waals surface area contributed by atoms with Gasteiger partial charge in [0.05, 0.1) is 0 Å². The van der Waals surface area contributed by atoms with Crippen LogP contribution in [0.15, 0.2) is 28.4 Å². The smallest absolute Gasteiger partial charge is 0.351 e. The first kappa shape index (κ1) is 15.9. The number of aliphatic carboxylic acids is 2. The first-order valence-corrected chi connectivity index (χ1v) is 6.59. The number of allylic oxidation sites excluding steroid dienone is 2. The number of carboxylic acids is 2. The number of aliphatic imine (C=N–C) groups is 1. The Morgan fingerprint density at radius 2 is 2.20 bits per heavy atom. The van der Waals surface area contributed by atoms with Crippen molar-refractivity contribution in [1.82, 2.24) is 5.32 Å². The molecule has 0 saturated carbocycles. The lowest BCUT2D eigenvalue weighted by molar-refractivity contribution is -0.139. The third kappa shape index (κ3) is 4.53. The lowest BCUT2D eigenvalue weighted by atomic mass is 10.00. The van der Waals surface area contributed by atoms with Gasteiger partial charge < -0.3 is 15.5 Å². The molecule has 0 aliphatic carbocycles. The number of carboxylic acid groups (broad SMARTS) is 2. The van der Waals surface area contributed by atoms with Gasteiger partial charge in [0, 0.05) is 12.8 Å². The molecule has 0 spiro atoms. The number of nitrogens with zero attached hydrogens (tertiary/aromatic N) is 1. The molecule has 6 nitrogen and oxygen atoms in total. The molecule has 0 saturated heterocycles. The molecule has 3 N–H and O–H groups in total. The highest BCUT2D eigenvalue weighted by atomic mass is 16.4. The second-order valence-corrected chi connectivity index (χ2v) is 4.75. The van der Waals surface area contributed by atoms with Crippen LogP contribution >= 0.6 is 0 Å². The van der Waals surface area contributed by atoms with Crippen molar-refractivity contribution in [2.45, 2.75) is 32.7 Å². The summed E-state index contributed by atoms with van der Waals surface area (Å²) in [6.07, 6.45) is 6.09. The Labute approximate surface area is 117 Å². The van der Waals surface area contributed by atoms with Crippen LogP contribution in [0.3, 0.4) is 0 Å². The fourth-order valence-electron chi connectivity index (χ4n) is 1.83. The first-order chi connectivity index (χ1) is 9.45. The van der Waals surface area contributed by atoms with Crippen LogP contribution in [0.25, 0.3) is 0 Å². The van der Waals surface area contributed by atoms with Crippen LogP contribution in [0.2, 0.25) is 0 Å². The van der Waals surface area contributed by atoms with E-state index < -0.39 is 18.0 Å². The summed E-state index contributed by atoms with van der Waals surface area (Å²) in [6, 6.07) is -0.763. The molecule has 1 rings (SSSR count). The van der Waals surface area contributed by atoms with Gasteiger partial charge in [0.2, 0.25) is 0 Å². The molecule has 110 valence electrons. The second-order valence-electron chi connectivity index (χ2n) is 4.75. The zero-order valence-corrected chi connectivity index (χ0v) is 11.7. The van der Waals surface area contributed by atoms with Crippen molar-refractivity contribution in [2.24, 2.45) is 10.9 Å². The molecule has 2 atom stereocenters. The van der Waals surface area contributed by atoms with Crippen LogP contribution in [-0.2, 0) is 9.59 Å². The maximum Gasteiger partial charge on any atom is 0.351 e. The minimum atomic E-state index is -1.00. The Kier molecular flexibility index (Phi) is 5.96. The molecule has 20 heavy (non-hydrogen) atoms. The van der Waals surface area contributed by atoms with Crippen LogP contribution in [-0.4, -0.2) is 41.0 Å². The van der Waals surface area contributed by atoms with Crippen molar-refractivity contribution in [3.63, 3.8) is 0 Å². The Hall–Kier alpha value is -2.11. The zero-order valence-electron chi connectivity index (χ0n) is 11.7. The number of hydrogen-bond acceptors (Lipinski definition) is 4. The molecule has 1 aliphatic heterocycles. The number of nitrogens with one attached hydrogen (secondary N) is 1. The third-order valence-electron chi connectivity index (χ3n) is 3.26. The summed E-state index contributed by atoms with van der Waals surface area (Å²) >= 11 is 0. The summed E-state index contributed by atoms with van der Waals surface area (Å²) < 4.78 is 0. The summed E-state index contributed by atoms with van der Waals surface area (Å²) in [7, 11) is 0. The van der Waals surface area contributed by atoms with E-state index in [4.69, 9.17) is 10.2 Å². The Balaban J connectivity index is 2.79. The van der Waals surface area contributed by atoms with Crippen molar-refractivity contribution >= 4 is 18.2 Å². The Morgan fingerprint density at radius 1 is 1.50 bits per heavy atom. The normalized spacial score (nSPS) is 20.3. The highest BCUT2D eigenvalue weighted by molar-refractivity contribution is 5.87. The van der Waals surface area contributed by atoms with Crippen LogP contribution < -0.4 is 5.32 Å². The van der Waals surface area contributed by atoms with E-state index in [0.29, 0.717) is 13.0 Å². The van der Waals surface area contributed by atoms with Gasteiger partial charge in [-0.25, -0.2) is 9.59 Å². The van der Waals surface area contributed by atoms with E-state index in [1.54, 1.807) is 6.08 Å². The van der Waals surface area contributed by atoms with Crippen LogP contribution in [0.4, 0.5) is 0 Å². The summed E-state index contributed by atoms with van der Waals surface area (Å²) in [6.45, 7) is 4.31. The molecule has 0 aromatic heterocycles. The lowest BCUT2D eigenvalue weighted by Crippen LogP contribution is -2.26. The standard InChI is InChI=1S/C14H20N2O4/c1-3-9(2)12(14(19)20)16-7-5-10-4-6-15-11(8-10)13(17)18/h5,7-9,12,15H,3-4,6H2,1-2H3,(H,17,18)(H,19,20). The highest BCUT2D eigenvalue weighted by Crippen LogP contribution is 2.13. The predicted molar refractivity (Wildman–Crippen MR) is 75.8 cm³/mol.